The summed E-state index contributed by atoms with van der Waals surface area (Å²) < 4.78 is 10.1. The number of nitrogens with zero attached hydrogens (tertiary/aromatic N) is 2. The van der Waals surface area contributed by atoms with Crippen molar-refractivity contribution in [2.75, 3.05) is 25.1 Å². The molecule has 130 valence electrons. The molecule has 2 aliphatic rings. The maximum absolute atomic E-state index is 12.1. The van der Waals surface area contributed by atoms with Crippen LogP contribution in [0.2, 0.25) is 5.15 Å². The van der Waals surface area contributed by atoms with Crippen LogP contribution in [0.5, 0.6) is 0 Å². The molecule has 2 fully saturated rings. The summed E-state index contributed by atoms with van der Waals surface area (Å²) >= 11 is 6.17. The van der Waals surface area contributed by atoms with Gasteiger partial charge in [0.2, 0.25) is 0 Å². The summed E-state index contributed by atoms with van der Waals surface area (Å²) in [5.74, 6) is 0.760. The van der Waals surface area contributed by atoms with Crippen molar-refractivity contribution in [3.8, 4) is 0 Å². The van der Waals surface area contributed by atoms with Crippen molar-refractivity contribution in [2.24, 2.45) is 17.8 Å². The van der Waals surface area contributed by atoms with Crippen molar-refractivity contribution in [2.45, 2.75) is 26.4 Å². The Labute approximate surface area is 146 Å². The van der Waals surface area contributed by atoms with Crippen LogP contribution in [-0.2, 0) is 14.3 Å². The zero-order chi connectivity index (χ0) is 17.6. The molecule has 7 heteroatoms. The highest BCUT2D eigenvalue weighted by molar-refractivity contribution is 6.32. The van der Waals surface area contributed by atoms with Crippen molar-refractivity contribution < 1.29 is 19.1 Å². The molecule has 0 bridgehead atoms. The maximum atomic E-state index is 12.1. The van der Waals surface area contributed by atoms with E-state index >= 15 is 0 Å². The van der Waals surface area contributed by atoms with Crippen LogP contribution in [-0.4, -0.2) is 42.7 Å². The Kier molecular flexibility index (Phi) is 4.20. The van der Waals surface area contributed by atoms with Gasteiger partial charge in [-0.25, -0.2) is 9.78 Å². The van der Waals surface area contributed by atoms with E-state index < -0.39 is 11.6 Å². The predicted octanol–water partition coefficient (Wildman–Crippen LogP) is 2.55. The third-order valence-electron chi connectivity index (χ3n) is 4.44. The van der Waals surface area contributed by atoms with Crippen molar-refractivity contribution in [3.05, 3.63) is 22.8 Å². The first-order chi connectivity index (χ1) is 11.2. The highest BCUT2D eigenvalue weighted by atomic mass is 35.5. The van der Waals surface area contributed by atoms with Gasteiger partial charge in [-0.05, 0) is 44.7 Å². The second kappa shape index (κ2) is 5.92. The van der Waals surface area contributed by atoms with E-state index in [1.165, 1.54) is 7.11 Å². The number of aromatic nitrogens is 1. The number of hydrogen-bond donors (Lipinski definition) is 0. The lowest BCUT2D eigenvalue weighted by Crippen LogP contribution is -2.27. The van der Waals surface area contributed by atoms with Gasteiger partial charge < -0.3 is 14.4 Å². The van der Waals surface area contributed by atoms with Gasteiger partial charge in [-0.2, -0.15) is 0 Å². The molecule has 6 nitrogen and oxygen atoms in total. The zero-order valence-electron chi connectivity index (χ0n) is 14.2. The molecule has 1 aliphatic carbocycles. The quantitative estimate of drug-likeness (QED) is 0.615. The number of pyridine rings is 1. The van der Waals surface area contributed by atoms with E-state index in [9.17, 15) is 9.59 Å². The second-order valence-corrected chi connectivity index (χ2v) is 7.65. The first kappa shape index (κ1) is 17.0. The highest BCUT2D eigenvalue weighted by Crippen LogP contribution is 2.52. The topological polar surface area (TPSA) is 68.7 Å². The Morgan fingerprint density at radius 3 is 2.38 bits per heavy atom. The average molecular weight is 353 g/mol. The van der Waals surface area contributed by atoms with Crippen molar-refractivity contribution >= 4 is 29.4 Å². The fourth-order valence-corrected chi connectivity index (χ4v) is 3.51. The molecule has 24 heavy (non-hydrogen) atoms. The molecule has 3 atom stereocenters. The summed E-state index contributed by atoms with van der Waals surface area (Å²) in [5, 5.41) is 0.131. The smallest absolute Gasteiger partial charge is 0.341 e. The van der Waals surface area contributed by atoms with Gasteiger partial charge in [0.15, 0.2) is 0 Å². The lowest BCUT2D eigenvalue weighted by Gasteiger charge is -2.22. The van der Waals surface area contributed by atoms with E-state index in [1.807, 2.05) is 0 Å². The fraction of sp³-hybridized carbons (Fsp3) is 0.588. The monoisotopic (exact) mass is 352 g/mol. The Morgan fingerprint density at radius 1 is 1.25 bits per heavy atom. The Balaban J connectivity index is 1.67. The maximum Gasteiger partial charge on any atom is 0.341 e. The first-order valence-electron chi connectivity index (χ1n) is 7.94. The van der Waals surface area contributed by atoms with E-state index in [0.717, 1.165) is 13.1 Å². The molecule has 3 rings (SSSR count). The number of hydrogen-bond acceptors (Lipinski definition) is 6. The summed E-state index contributed by atoms with van der Waals surface area (Å²) in [4.78, 5) is 30.1. The molecule has 0 spiro atoms. The third kappa shape index (κ3) is 3.20. The number of halogens is 1. The Morgan fingerprint density at radius 2 is 1.88 bits per heavy atom. The molecule has 2 heterocycles. The van der Waals surface area contributed by atoms with Crippen LogP contribution in [0.15, 0.2) is 12.1 Å². The van der Waals surface area contributed by atoms with Gasteiger partial charge in [-0.15, -0.1) is 0 Å². The Bertz CT molecular complexity index is 674. The van der Waals surface area contributed by atoms with Crippen LogP contribution in [0, 0.1) is 17.8 Å². The van der Waals surface area contributed by atoms with Crippen LogP contribution in [0.3, 0.4) is 0 Å². The molecule has 1 unspecified atom stereocenters. The van der Waals surface area contributed by atoms with E-state index in [2.05, 4.69) is 9.88 Å². The zero-order valence-corrected chi connectivity index (χ0v) is 15.0. The molecular weight excluding hydrogens is 332 g/mol. The van der Waals surface area contributed by atoms with Gasteiger partial charge in [0.25, 0.3) is 0 Å². The summed E-state index contributed by atoms with van der Waals surface area (Å²) in [7, 11) is 1.42. The number of fused-ring (bicyclic) bond motifs is 1. The lowest BCUT2D eigenvalue weighted by atomic mass is 10.2. The molecule has 0 aromatic carbocycles. The van der Waals surface area contributed by atoms with Crippen LogP contribution in [0.1, 0.15) is 31.1 Å². The van der Waals surface area contributed by atoms with E-state index in [1.54, 1.807) is 32.9 Å². The number of methoxy groups -OCH3 is 1. The number of piperidine rings is 1. The standard InChI is InChI=1S/C17H21ClN2O4/c1-17(2,3)24-15(21)9-5-6-12(19-14(9)18)20-7-10-11(8-20)13(10)16(22)23-4/h5-6,10-11,13H,7-8H2,1-4H3/t10-,11+,13?. The molecule has 0 N–H and O–H groups in total. The second-order valence-electron chi connectivity index (χ2n) is 7.29. The molecule has 0 amide bonds. The van der Waals surface area contributed by atoms with Crippen molar-refractivity contribution in [1.29, 1.82) is 0 Å². The van der Waals surface area contributed by atoms with Crippen LogP contribution >= 0.6 is 11.6 Å². The number of esters is 2. The minimum absolute atomic E-state index is 0.0164. The molecule has 0 radical (unpaired) electrons. The summed E-state index contributed by atoms with van der Waals surface area (Å²) in [6.45, 7) is 6.90. The molecule has 1 aromatic rings. The van der Waals surface area contributed by atoms with Crippen molar-refractivity contribution in [1.82, 2.24) is 4.98 Å². The lowest BCUT2D eigenvalue weighted by molar-refractivity contribution is -0.142. The fourth-order valence-electron chi connectivity index (χ4n) is 3.29. The predicted molar refractivity (Wildman–Crippen MR) is 89.1 cm³/mol. The van der Waals surface area contributed by atoms with E-state index in [4.69, 9.17) is 21.1 Å². The van der Waals surface area contributed by atoms with E-state index in [-0.39, 0.29) is 22.6 Å². The minimum Gasteiger partial charge on any atom is -0.469 e. The van der Waals surface area contributed by atoms with Gasteiger partial charge in [0.1, 0.15) is 16.6 Å². The molecular formula is C17H21ClN2O4. The van der Waals surface area contributed by atoms with Gasteiger partial charge in [-0.1, -0.05) is 11.6 Å². The number of carbonyl (C=O) groups excluding carboxylic acids is 2. The van der Waals surface area contributed by atoms with E-state index in [0.29, 0.717) is 17.7 Å². The van der Waals surface area contributed by atoms with Gasteiger partial charge in [-0.3, -0.25) is 4.79 Å². The minimum atomic E-state index is -0.585. The van der Waals surface area contributed by atoms with Gasteiger partial charge in [0.05, 0.1) is 18.6 Å². The number of anilines is 1. The molecule has 1 saturated carbocycles. The summed E-state index contributed by atoms with van der Waals surface area (Å²) in [6, 6.07) is 3.41. The highest BCUT2D eigenvalue weighted by Gasteiger charge is 2.60. The molecule has 1 aliphatic heterocycles. The first-order valence-corrected chi connectivity index (χ1v) is 8.31. The van der Waals surface area contributed by atoms with Crippen LogP contribution in [0.25, 0.3) is 0 Å². The number of carbonyl (C=O) groups is 2. The SMILES string of the molecule is COC(=O)C1[C@H]2CN(c3ccc(C(=O)OC(C)(C)C)c(Cl)n3)C[C@@H]12. The average Bonchev–Trinajstić information content (AvgIpc) is 2.98. The summed E-state index contributed by atoms with van der Waals surface area (Å²) in [6.07, 6.45) is 0. The number of ether oxygens (including phenoxy) is 2. The normalized spacial score (nSPS) is 25.2. The van der Waals surface area contributed by atoms with Gasteiger partial charge >= 0.3 is 11.9 Å². The molecule has 1 aromatic heterocycles. The largest absolute Gasteiger partial charge is 0.469 e. The third-order valence-corrected chi connectivity index (χ3v) is 4.73. The Hall–Kier alpha value is -1.82. The van der Waals surface area contributed by atoms with Gasteiger partial charge in [0, 0.05) is 13.1 Å². The molecule has 1 saturated heterocycles. The van der Waals surface area contributed by atoms with Crippen LogP contribution in [0.4, 0.5) is 5.82 Å². The summed E-state index contributed by atoms with van der Waals surface area (Å²) in [5.41, 5.74) is -0.329. The van der Waals surface area contributed by atoms with Crippen molar-refractivity contribution in [3.63, 3.8) is 0 Å². The van der Waals surface area contributed by atoms with Crippen LogP contribution < -0.4 is 4.90 Å². The number of rotatable bonds is 3.